The normalized spacial score (nSPS) is 38.6. The molecule has 1 amide bonds. The number of fused-ring (bicyclic) bond motifs is 1. The lowest BCUT2D eigenvalue weighted by Crippen LogP contribution is -2.37. The molecule has 1 heterocycles. The third-order valence-corrected chi connectivity index (χ3v) is 8.86. The van der Waals surface area contributed by atoms with E-state index in [1.54, 1.807) is 4.90 Å². The van der Waals surface area contributed by atoms with Gasteiger partial charge in [0.25, 0.3) is 0 Å². The summed E-state index contributed by atoms with van der Waals surface area (Å²) in [4.78, 5) is 14.1. The zero-order chi connectivity index (χ0) is 23.5. The van der Waals surface area contributed by atoms with Crippen LogP contribution in [0.3, 0.4) is 0 Å². The molecular formula is C28H45NO3. The molecule has 4 rings (SSSR count). The van der Waals surface area contributed by atoms with E-state index in [-0.39, 0.29) is 23.3 Å². The van der Waals surface area contributed by atoms with Crippen LogP contribution >= 0.6 is 0 Å². The van der Waals surface area contributed by atoms with Gasteiger partial charge < -0.3 is 15.1 Å². The second kappa shape index (κ2) is 10.7. The summed E-state index contributed by atoms with van der Waals surface area (Å²) in [5.41, 5.74) is 3.87. The van der Waals surface area contributed by atoms with Gasteiger partial charge in [-0.05, 0) is 92.6 Å². The van der Waals surface area contributed by atoms with Crippen molar-refractivity contribution in [2.75, 3.05) is 13.6 Å². The molecule has 3 saturated carbocycles. The van der Waals surface area contributed by atoms with Crippen molar-refractivity contribution in [1.29, 1.82) is 0 Å². The number of allylic oxidation sites excluding steroid dienone is 3. The van der Waals surface area contributed by atoms with Crippen molar-refractivity contribution in [3.8, 4) is 0 Å². The van der Waals surface area contributed by atoms with Crippen LogP contribution in [0.25, 0.3) is 0 Å². The lowest BCUT2D eigenvalue weighted by molar-refractivity contribution is -0.133. The Morgan fingerprint density at radius 3 is 2.59 bits per heavy atom. The Kier molecular flexibility index (Phi) is 8.43. The average molecular weight is 444 g/mol. The van der Waals surface area contributed by atoms with Gasteiger partial charge in [0, 0.05) is 13.6 Å². The van der Waals surface area contributed by atoms with Gasteiger partial charge in [0.05, 0.1) is 18.1 Å². The number of amides is 1. The Balaban J connectivity index is 0.00000141. The van der Waals surface area contributed by atoms with Crippen LogP contribution < -0.4 is 0 Å². The maximum absolute atomic E-state index is 12.3. The van der Waals surface area contributed by atoms with Crippen LogP contribution in [0.4, 0.5) is 0 Å². The first-order valence-electron chi connectivity index (χ1n) is 13.0. The summed E-state index contributed by atoms with van der Waals surface area (Å²) in [6, 6.07) is 0. The van der Waals surface area contributed by atoms with Crippen molar-refractivity contribution < 1.29 is 15.0 Å². The van der Waals surface area contributed by atoms with Gasteiger partial charge in [-0.1, -0.05) is 45.1 Å². The molecule has 0 spiro atoms. The van der Waals surface area contributed by atoms with Crippen LogP contribution in [0.1, 0.15) is 85.0 Å². The van der Waals surface area contributed by atoms with E-state index >= 15 is 0 Å². The third-order valence-electron chi connectivity index (χ3n) is 8.86. The molecule has 0 aromatic rings. The number of likely N-dealkylation sites (tertiary alicyclic amines) is 1. The molecular weight excluding hydrogens is 398 g/mol. The third kappa shape index (κ3) is 4.92. The standard InChI is InChI=1S/C26H39NO3.C2H6/c1-17-18(6-4-8-23(17)28)9-10-19-7-5-14-26(2)20(11-12-22(19)26)16-24(29)21-13-15-27(3)25(21)30;1-2/h9-10,20-24,28-29H,1,4-8,11-16H2,2-3H3;1-2H3/b18-9-,19-10+;. The molecule has 4 aliphatic rings. The lowest BCUT2D eigenvalue weighted by Gasteiger charge is -2.43. The molecule has 32 heavy (non-hydrogen) atoms. The molecule has 0 aromatic heterocycles. The molecule has 0 aromatic carbocycles. The Hall–Kier alpha value is -1.39. The first kappa shape index (κ1) is 25.2. The average Bonchev–Trinajstić information content (AvgIpc) is 3.30. The molecule has 4 nitrogen and oxygen atoms in total. The minimum absolute atomic E-state index is 0.118. The summed E-state index contributed by atoms with van der Waals surface area (Å²) < 4.78 is 0. The van der Waals surface area contributed by atoms with Gasteiger partial charge in [0.2, 0.25) is 5.91 Å². The van der Waals surface area contributed by atoms with Crippen molar-refractivity contribution in [2.24, 2.45) is 23.2 Å². The number of rotatable bonds is 4. The Bertz CT molecular complexity index is 754. The molecule has 6 unspecified atom stereocenters. The summed E-state index contributed by atoms with van der Waals surface area (Å²) >= 11 is 0. The lowest BCUT2D eigenvalue weighted by atomic mass is 9.62. The summed E-state index contributed by atoms with van der Waals surface area (Å²) in [6.07, 6.45) is 14.0. The fraction of sp³-hybridized carbons (Fsp3) is 0.750. The summed E-state index contributed by atoms with van der Waals surface area (Å²) in [5, 5.41) is 21.0. The van der Waals surface area contributed by atoms with E-state index in [2.05, 4.69) is 25.7 Å². The molecule has 180 valence electrons. The van der Waals surface area contributed by atoms with E-state index in [0.717, 1.165) is 57.1 Å². The monoisotopic (exact) mass is 443 g/mol. The smallest absolute Gasteiger partial charge is 0.228 e. The summed E-state index contributed by atoms with van der Waals surface area (Å²) in [7, 11) is 1.84. The van der Waals surface area contributed by atoms with Crippen LogP contribution in [0.15, 0.2) is 35.5 Å². The molecule has 6 atom stereocenters. The van der Waals surface area contributed by atoms with Gasteiger partial charge in [0.15, 0.2) is 0 Å². The Labute approximate surface area is 195 Å². The van der Waals surface area contributed by atoms with Gasteiger partial charge in [-0.2, -0.15) is 0 Å². The van der Waals surface area contributed by atoms with Gasteiger partial charge in [0.1, 0.15) is 0 Å². The predicted molar refractivity (Wildman–Crippen MR) is 131 cm³/mol. The number of nitrogens with zero attached hydrogens (tertiary/aromatic N) is 1. The maximum atomic E-state index is 12.3. The van der Waals surface area contributed by atoms with Crippen LogP contribution in [0.5, 0.6) is 0 Å². The van der Waals surface area contributed by atoms with Gasteiger partial charge >= 0.3 is 0 Å². The van der Waals surface area contributed by atoms with E-state index in [1.807, 2.05) is 20.9 Å². The van der Waals surface area contributed by atoms with Crippen molar-refractivity contribution in [3.63, 3.8) is 0 Å². The number of carbonyl (C=O) groups is 1. The van der Waals surface area contributed by atoms with E-state index in [4.69, 9.17) is 0 Å². The number of aliphatic hydroxyl groups is 2. The second-order valence-corrected chi connectivity index (χ2v) is 10.5. The molecule has 2 N–H and O–H groups in total. The van der Waals surface area contributed by atoms with E-state index in [0.29, 0.717) is 11.8 Å². The van der Waals surface area contributed by atoms with Crippen LogP contribution in [-0.4, -0.2) is 46.8 Å². The highest BCUT2D eigenvalue weighted by Crippen LogP contribution is 2.59. The largest absolute Gasteiger partial charge is 0.392 e. The van der Waals surface area contributed by atoms with Crippen molar-refractivity contribution >= 4 is 5.91 Å². The zero-order valence-corrected chi connectivity index (χ0v) is 20.8. The molecule has 0 bridgehead atoms. The molecule has 0 radical (unpaired) electrons. The molecule has 1 saturated heterocycles. The summed E-state index contributed by atoms with van der Waals surface area (Å²) in [5.74, 6) is 0.973. The van der Waals surface area contributed by atoms with E-state index in [9.17, 15) is 15.0 Å². The van der Waals surface area contributed by atoms with E-state index < -0.39 is 6.10 Å². The quantitative estimate of drug-likeness (QED) is 0.610. The Morgan fingerprint density at radius 2 is 1.91 bits per heavy atom. The Morgan fingerprint density at radius 1 is 1.16 bits per heavy atom. The van der Waals surface area contributed by atoms with Crippen molar-refractivity contribution in [2.45, 2.75) is 97.2 Å². The van der Waals surface area contributed by atoms with Gasteiger partial charge in [-0.15, -0.1) is 0 Å². The van der Waals surface area contributed by atoms with Crippen LogP contribution in [0.2, 0.25) is 0 Å². The topological polar surface area (TPSA) is 60.8 Å². The van der Waals surface area contributed by atoms with E-state index in [1.165, 1.54) is 30.4 Å². The minimum Gasteiger partial charge on any atom is -0.392 e. The van der Waals surface area contributed by atoms with Crippen molar-refractivity contribution in [3.05, 3.63) is 35.5 Å². The molecule has 3 aliphatic carbocycles. The minimum atomic E-state index is -0.508. The number of hydrogen-bond acceptors (Lipinski definition) is 3. The predicted octanol–water partition coefficient (Wildman–Crippen LogP) is 5.41. The number of carbonyl (C=O) groups excluding carboxylic acids is 1. The fourth-order valence-electron chi connectivity index (χ4n) is 6.83. The zero-order valence-electron chi connectivity index (χ0n) is 20.8. The number of aliphatic hydroxyl groups excluding tert-OH is 2. The first-order valence-corrected chi connectivity index (χ1v) is 13.0. The van der Waals surface area contributed by atoms with Gasteiger partial charge in [-0.25, -0.2) is 0 Å². The molecule has 4 fully saturated rings. The van der Waals surface area contributed by atoms with Gasteiger partial charge in [-0.3, -0.25) is 4.79 Å². The fourth-order valence-corrected chi connectivity index (χ4v) is 6.83. The highest BCUT2D eigenvalue weighted by atomic mass is 16.3. The highest BCUT2D eigenvalue weighted by Gasteiger charge is 2.50. The second-order valence-electron chi connectivity index (χ2n) is 10.5. The maximum Gasteiger partial charge on any atom is 0.228 e. The summed E-state index contributed by atoms with van der Waals surface area (Å²) in [6.45, 7) is 11.3. The number of hydrogen-bond donors (Lipinski definition) is 2. The van der Waals surface area contributed by atoms with Crippen molar-refractivity contribution in [1.82, 2.24) is 4.90 Å². The van der Waals surface area contributed by atoms with Crippen LogP contribution in [-0.2, 0) is 4.79 Å². The molecule has 1 aliphatic heterocycles. The van der Waals surface area contributed by atoms with Crippen LogP contribution in [0, 0.1) is 23.2 Å². The SMILES string of the molecule is C=C1/C(=C\C=C2/CCCC3(C)C(CC(O)C4CCN(C)C4=O)CCC23)CCCC1O.CC. The molecule has 4 heteroatoms. The highest BCUT2D eigenvalue weighted by molar-refractivity contribution is 5.81. The first-order chi connectivity index (χ1) is 15.3.